The van der Waals surface area contributed by atoms with Gasteiger partial charge in [0.25, 0.3) is 0 Å². The molecule has 0 saturated heterocycles. The zero-order valence-electron chi connectivity index (χ0n) is 9.17. The van der Waals surface area contributed by atoms with Gasteiger partial charge in [0, 0.05) is 18.8 Å². The van der Waals surface area contributed by atoms with Crippen LogP contribution in [0.1, 0.15) is 31.7 Å². The molecule has 0 aliphatic heterocycles. The van der Waals surface area contributed by atoms with E-state index >= 15 is 0 Å². The molecule has 0 radical (unpaired) electrons. The Morgan fingerprint density at radius 1 is 1.56 bits per heavy atom. The predicted octanol–water partition coefficient (Wildman–Crippen LogP) is 0.549. The van der Waals surface area contributed by atoms with E-state index < -0.39 is 0 Å². The second-order valence-electron chi connectivity index (χ2n) is 4.41. The van der Waals surface area contributed by atoms with E-state index in [9.17, 15) is 4.79 Å². The summed E-state index contributed by atoms with van der Waals surface area (Å²) in [5.74, 6) is 0.568. The largest absolute Gasteiger partial charge is 0.396 e. The Kier molecular flexibility index (Phi) is 3.24. The van der Waals surface area contributed by atoms with Gasteiger partial charge in [-0.2, -0.15) is 4.98 Å². The lowest BCUT2D eigenvalue weighted by atomic mass is 9.86. The van der Waals surface area contributed by atoms with Gasteiger partial charge in [-0.1, -0.05) is 6.42 Å². The molecule has 2 atom stereocenters. The van der Waals surface area contributed by atoms with E-state index in [4.69, 9.17) is 10.8 Å². The molecular weight excluding hydrogens is 206 g/mol. The Bertz CT molecular complexity index is 416. The minimum absolute atomic E-state index is 0.159. The van der Waals surface area contributed by atoms with Crippen molar-refractivity contribution < 1.29 is 5.11 Å². The van der Waals surface area contributed by atoms with Crippen LogP contribution in [0.4, 0.5) is 5.82 Å². The van der Waals surface area contributed by atoms with Crippen LogP contribution in [0.15, 0.2) is 17.1 Å². The SMILES string of the molecule is Nc1ccn([C@H]2CCC[C@@H](CO)C2)c(=O)n1. The lowest BCUT2D eigenvalue weighted by Gasteiger charge is -2.28. The Hall–Kier alpha value is -1.36. The molecule has 3 N–H and O–H groups in total. The van der Waals surface area contributed by atoms with Gasteiger partial charge in [0.05, 0.1) is 0 Å². The summed E-state index contributed by atoms with van der Waals surface area (Å²) in [6, 6.07) is 1.80. The number of aliphatic hydroxyl groups excluding tert-OH is 1. The molecule has 1 aromatic rings. The van der Waals surface area contributed by atoms with Gasteiger partial charge in [-0.3, -0.25) is 4.57 Å². The average molecular weight is 223 g/mol. The van der Waals surface area contributed by atoms with Gasteiger partial charge in [0.15, 0.2) is 0 Å². The molecule has 1 heterocycles. The first-order valence-electron chi connectivity index (χ1n) is 5.66. The molecule has 1 fully saturated rings. The highest BCUT2D eigenvalue weighted by Crippen LogP contribution is 2.31. The second-order valence-corrected chi connectivity index (χ2v) is 4.41. The highest BCUT2D eigenvalue weighted by atomic mass is 16.3. The summed E-state index contributed by atoms with van der Waals surface area (Å²) in [5, 5.41) is 9.15. The lowest BCUT2D eigenvalue weighted by molar-refractivity contribution is 0.161. The van der Waals surface area contributed by atoms with Crippen LogP contribution in [0.25, 0.3) is 0 Å². The number of aromatic nitrogens is 2. The monoisotopic (exact) mass is 223 g/mol. The maximum absolute atomic E-state index is 11.6. The van der Waals surface area contributed by atoms with Gasteiger partial charge in [-0.05, 0) is 31.2 Å². The number of nitrogen functional groups attached to an aromatic ring is 1. The number of anilines is 1. The fraction of sp³-hybridized carbons (Fsp3) is 0.636. The van der Waals surface area contributed by atoms with Crippen molar-refractivity contribution >= 4 is 5.82 Å². The van der Waals surface area contributed by atoms with Crippen LogP contribution in [0, 0.1) is 5.92 Å². The molecule has 1 saturated carbocycles. The third-order valence-corrected chi connectivity index (χ3v) is 3.26. The third-order valence-electron chi connectivity index (χ3n) is 3.26. The van der Waals surface area contributed by atoms with Crippen molar-refractivity contribution in [1.82, 2.24) is 9.55 Å². The normalized spacial score (nSPS) is 25.6. The minimum Gasteiger partial charge on any atom is -0.396 e. The van der Waals surface area contributed by atoms with Crippen LogP contribution in [0.2, 0.25) is 0 Å². The molecule has 5 heteroatoms. The summed E-state index contributed by atoms with van der Waals surface area (Å²) in [4.78, 5) is 15.4. The summed E-state index contributed by atoms with van der Waals surface area (Å²) in [7, 11) is 0. The molecule has 0 amide bonds. The Balaban J connectivity index is 2.20. The standard InChI is InChI=1S/C11H17N3O2/c12-10-4-5-14(11(16)13-10)9-3-1-2-8(6-9)7-15/h4-5,8-9,15H,1-3,6-7H2,(H2,12,13,16)/t8-,9+/m1/s1. The van der Waals surface area contributed by atoms with Crippen LogP contribution in [0.5, 0.6) is 0 Å². The van der Waals surface area contributed by atoms with Crippen LogP contribution >= 0.6 is 0 Å². The van der Waals surface area contributed by atoms with Gasteiger partial charge in [-0.15, -0.1) is 0 Å². The van der Waals surface area contributed by atoms with Gasteiger partial charge >= 0.3 is 5.69 Å². The number of nitrogens with zero attached hydrogens (tertiary/aromatic N) is 2. The minimum atomic E-state index is -0.288. The number of hydrogen-bond donors (Lipinski definition) is 2. The molecule has 0 spiro atoms. The maximum Gasteiger partial charge on any atom is 0.349 e. The zero-order valence-corrected chi connectivity index (χ0v) is 9.17. The fourth-order valence-corrected chi connectivity index (χ4v) is 2.38. The van der Waals surface area contributed by atoms with Crippen molar-refractivity contribution in [2.24, 2.45) is 5.92 Å². The van der Waals surface area contributed by atoms with Crippen molar-refractivity contribution in [3.63, 3.8) is 0 Å². The molecule has 1 aromatic heterocycles. The first-order chi connectivity index (χ1) is 7.70. The molecule has 5 nitrogen and oxygen atoms in total. The molecule has 1 aliphatic rings. The summed E-state index contributed by atoms with van der Waals surface area (Å²) in [6.07, 6.45) is 5.62. The van der Waals surface area contributed by atoms with E-state index in [1.54, 1.807) is 16.8 Å². The van der Waals surface area contributed by atoms with Crippen LogP contribution < -0.4 is 11.4 Å². The highest BCUT2D eigenvalue weighted by molar-refractivity contribution is 5.23. The quantitative estimate of drug-likeness (QED) is 0.767. The topological polar surface area (TPSA) is 81.1 Å². The summed E-state index contributed by atoms with van der Waals surface area (Å²) in [5.41, 5.74) is 5.16. The van der Waals surface area contributed by atoms with Crippen LogP contribution in [-0.4, -0.2) is 21.3 Å². The molecule has 1 aliphatic carbocycles. The number of nitrogens with two attached hydrogens (primary N) is 1. The smallest absolute Gasteiger partial charge is 0.349 e. The third kappa shape index (κ3) is 2.24. The van der Waals surface area contributed by atoms with E-state index in [0.29, 0.717) is 5.92 Å². The number of rotatable bonds is 2. The number of aliphatic hydroxyl groups is 1. The van der Waals surface area contributed by atoms with E-state index in [1.165, 1.54) is 0 Å². The van der Waals surface area contributed by atoms with E-state index in [1.807, 2.05) is 0 Å². The first-order valence-corrected chi connectivity index (χ1v) is 5.66. The molecular formula is C11H17N3O2. The van der Waals surface area contributed by atoms with Crippen LogP contribution in [-0.2, 0) is 0 Å². The molecule has 0 bridgehead atoms. The van der Waals surface area contributed by atoms with Crippen molar-refractivity contribution in [3.05, 3.63) is 22.7 Å². The molecule has 16 heavy (non-hydrogen) atoms. The molecule has 2 rings (SSSR count). The Labute approximate surface area is 93.9 Å². The number of hydrogen-bond acceptors (Lipinski definition) is 4. The van der Waals surface area contributed by atoms with Gasteiger partial charge < -0.3 is 10.8 Å². The van der Waals surface area contributed by atoms with Gasteiger partial charge in [0.1, 0.15) is 5.82 Å². The van der Waals surface area contributed by atoms with Gasteiger partial charge in [-0.25, -0.2) is 4.79 Å². The van der Waals surface area contributed by atoms with E-state index in [0.717, 1.165) is 25.7 Å². The molecule has 88 valence electrons. The first kappa shape index (κ1) is 11.1. The van der Waals surface area contributed by atoms with Crippen molar-refractivity contribution in [2.75, 3.05) is 12.3 Å². The van der Waals surface area contributed by atoms with Gasteiger partial charge in [0.2, 0.25) is 0 Å². The fourth-order valence-electron chi connectivity index (χ4n) is 2.38. The van der Waals surface area contributed by atoms with E-state index in [2.05, 4.69) is 4.98 Å². The van der Waals surface area contributed by atoms with Crippen molar-refractivity contribution in [1.29, 1.82) is 0 Å². The zero-order chi connectivity index (χ0) is 11.5. The lowest BCUT2D eigenvalue weighted by Crippen LogP contribution is -2.31. The predicted molar refractivity (Wildman–Crippen MR) is 61.0 cm³/mol. The highest BCUT2D eigenvalue weighted by Gasteiger charge is 2.23. The second kappa shape index (κ2) is 4.65. The molecule has 0 aromatic carbocycles. The Morgan fingerprint density at radius 3 is 3.06 bits per heavy atom. The van der Waals surface area contributed by atoms with Crippen LogP contribution in [0.3, 0.4) is 0 Å². The molecule has 0 unspecified atom stereocenters. The Morgan fingerprint density at radius 2 is 2.38 bits per heavy atom. The summed E-state index contributed by atoms with van der Waals surface area (Å²) < 4.78 is 1.64. The average Bonchev–Trinajstić information content (AvgIpc) is 2.29. The van der Waals surface area contributed by atoms with E-state index in [-0.39, 0.29) is 24.2 Å². The summed E-state index contributed by atoms with van der Waals surface area (Å²) >= 11 is 0. The summed E-state index contributed by atoms with van der Waals surface area (Å²) in [6.45, 7) is 0.202. The van der Waals surface area contributed by atoms with Crippen molar-refractivity contribution in [3.8, 4) is 0 Å². The van der Waals surface area contributed by atoms with Crippen molar-refractivity contribution in [2.45, 2.75) is 31.7 Å². The maximum atomic E-state index is 11.6.